The molecule has 1 atom stereocenters. The van der Waals surface area contributed by atoms with Crippen molar-refractivity contribution in [3.63, 3.8) is 0 Å². The van der Waals surface area contributed by atoms with Crippen LogP contribution in [0.1, 0.15) is 101 Å². The summed E-state index contributed by atoms with van der Waals surface area (Å²) in [6, 6.07) is 6.46. The van der Waals surface area contributed by atoms with E-state index in [1.165, 1.54) is 31.4 Å². The minimum absolute atomic E-state index is 0.0385. The molecule has 164 valence electrons. The van der Waals surface area contributed by atoms with Crippen molar-refractivity contribution < 1.29 is 4.79 Å². The molecule has 1 aliphatic rings. The molecule has 4 nitrogen and oxygen atoms in total. The van der Waals surface area contributed by atoms with Gasteiger partial charge in [0.05, 0.1) is 5.56 Å². The molecular formula is C26H39N3O. The van der Waals surface area contributed by atoms with Crippen molar-refractivity contribution in [1.82, 2.24) is 9.55 Å². The van der Waals surface area contributed by atoms with Gasteiger partial charge in [-0.3, -0.25) is 9.78 Å². The Hall–Kier alpha value is -2.10. The highest BCUT2D eigenvalue weighted by molar-refractivity contribution is 5.95. The summed E-state index contributed by atoms with van der Waals surface area (Å²) in [5.41, 5.74) is 12.0. The molecule has 2 aromatic rings. The molecule has 30 heavy (non-hydrogen) atoms. The third-order valence-electron chi connectivity index (χ3n) is 6.85. The third-order valence-corrected chi connectivity index (χ3v) is 6.85. The molecule has 1 amide bonds. The van der Waals surface area contributed by atoms with Gasteiger partial charge in [0.15, 0.2) is 0 Å². The van der Waals surface area contributed by atoms with Crippen LogP contribution < -0.4 is 5.73 Å². The van der Waals surface area contributed by atoms with Crippen molar-refractivity contribution in [3.05, 3.63) is 40.8 Å². The van der Waals surface area contributed by atoms with Gasteiger partial charge < -0.3 is 10.3 Å². The molecule has 0 aromatic carbocycles. The van der Waals surface area contributed by atoms with Gasteiger partial charge in [0.2, 0.25) is 0 Å². The Labute approximate surface area is 182 Å². The Morgan fingerprint density at radius 1 is 1.23 bits per heavy atom. The zero-order chi connectivity index (χ0) is 22.3. The number of rotatable bonds is 8. The average Bonchev–Trinajstić information content (AvgIpc) is 3.35. The zero-order valence-electron chi connectivity index (χ0n) is 19.9. The zero-order valence-corrected chi connectivity index (χ0v) is 19.9. The van der Waals surface area contributed by atoms with Crippen LogP contribution in [0.2, 0.25) is 0 Å². The molecule has 4 heteroatoms. The van der Waals surface area contributed by atoms with E-state index in [9.17, 15) is 4.79 Å². The Bertz CT molecular complexity index is 905. The van der Waals surface area contributed by atoms with Crippen LogP contribution in [0.5, 0.6) is 0 Å². The first-order chi connectivity index (χ1) is 14.0. The van der Waals surface area contributed by atoms with Crippen LogP contribution in [0.25, 0.3) is 11.3 Å². The minimum atomic E-state index is -0.351. The first-order valence-corrected chi connectivity index (χ1v) is 11.5. The predicted octanol–water partition coefficient (Wildman–Crippen LogP) is 6.13. The number of pyridine rings is 1. The number of carbonyl (C=O) groups is 1. The maximum atomic E-state index is 12.2. The summed E-state index contributed by atoms with van der Waals surface area (Å²) in [6.07, 6.45) is 5.86. The molecule has 0 bridgehead atoms. The summed E-state index contributed by atoms with van der Waals surface area (Å²) in [5, 5.41) is 0. The van der Waals surface area contributed by atoms with Crippen LogP contribution >= 0.6 is 0 Å². The van der Waals surface area contributed by atoms with Gasteiger partial charge in [0, 0.05) is 45.7 Å². The van der Waals surface area contributed by atoms with E-state index in [2.05, 4.69) is 58.2 Å². The highest BCUT2D eigenvalue weighted by atomic mass is 16.1. The lowest BCUT2D eigenvalue weighted by molar-refractivity contribution is 0.0999. The highest BCUT2D eigenvalue weighted by Crippen LogP contribution is 2.48. The normalized spacial score (nSPS) is 16.5. The minimum Gasteiger partial charge on any atom is -0.366 e. The van der Waals surface area contributed by atoms with Gasteiger partial charge in [-0.15, -0.1) is 0 Å². The van der Waals surface area contributed by atoms with Crippen molar-refractivity contribution in [3.8, 4) is 11.3 Å². The molecule has 1 aliphatic carbocycles. The molecule has 0 saturated heterocycles. The second-order valence-corrected chi connectivity index (χ2v) is 10.5. The fourth-order valence-corrected chi connectivity index (χ4v) is 4.28. The van der Waals surface area contributed by atoms with Gasteiger partial charge in [-0.1, -0.05) is 54.4 Å². The monoisotopic (exact) mass is 409 g/mol. The van der Waals surface area contributed by atoms with E-state index in [4.69, 9.17) is 10.7 Å². The van der Waals surface area contributed by atoms with Crippen LogP contribution in [0.4, 0.5) is 0 Å². The van der Waals surface area contributed by atoms with Gasteiger partial charge in [0.25, 0.3) is 5.91 Å². The average molecular weight is 410 g/mol. The van der Waals surface area contributed by atoms with Gasteiger partial charge in [-0.05, 0) is 50.3 Å². The smallest absolute Gasteiger partial charge is 0.250 e. The van der Waals surface area contributed by atoms with Gasteiger partial charge >= 0.3 is 0 Å². The van der Waals surface area contributed by atoms with E-state index in [-0.39, 0.29) is 16.7 Å². The number of hydrogen-bond donors (Lipinski definition) is 1. The maximum Gasteiger partial charge on any atom is 0.250 e. The van der Waals surface area contributed by atoms with E-state index in [0.717, 1.165) is 35.6 Å². The van der Waals surface area contributed by atoms with Crippen LogP contribution in [-0.4, -0.2) is 15.5 Å². The van der Waals surface area contributed by atoms with Crippen molar-refractivity contribution in [1.29, 1.82) is 0 Å². The van der Waals surface area contributed by atoms with Crippen LogP contribution in [0.15, 0.2) is 18.2 Å². The van der Waals surface area contributed by atoms with E-state index >= 15 is 0 Å². The lowest BCUT2D eigenvalue weighted by Crippen LogP contribution is -2.18. The SMILES string of the molecule is CCCC(CC)Cn1c(-c2cc(C(C)(C)C)nc(C3(C)CC3)c2)cc(C(N)=O)c1C. The molecule has 1 unspecified atom stereocenters. The Balaban J connectivity index is 2.19. The Morgan fingerprint density at radius 2 is 1.90 bits per heavy atom. The number of primary amides is 1. The van der Waals surface area contributed by atoms with Crippen LogP contribution in [-0.2, 0) is 17.4 Å². The topological polar surface area (TPSA) is 60.9 Å². The van der Waals surface area contributed by atoms with Crippen molar-refractivity contribution in [2.75, 3.05) is 0 Å². The second kappa shape index (κ2) is 8.20. The van der Waals surface area contributed by atoms with Gasteiger partial charge in [-0.2, -0.15) is 0 Å². The quantitative estimate of drug-likeness (QED) is 0.570. The Kier molecular flexibility index (Phi) is 6.18. The van der Waals surface area contributed by atoms with E-state index in [1.54, 1.807) is 0 Å². The van der Waals surface area contributed by atoms with Gasteiger partial charge in [-0.25, -0.2) is 0 Å². The largest absolute Gasteiger partial charge is 0.366 e. The first kappa shape index (κ1) is 22.6. The third kappa shape index (κ3) is 4.48. The fraction of sp³-hybridized carbons (Fsp3) is 0.615. The summed E-state index contributed by atoms with van der Waals surface area (Å²) >= 11 is 0. The molecule has 2 N–H and O–H groups in total. The number of nitrogens with zero attached hydrogens (tertiary/aromatic N) is 2. The lowest BCUT2D eigenvalue weighted by atomic mass is 9.89. The van der Waals surface area contributed by atoms with E-state index < -0.39 is 0 Å². The number of carbonyl (C=O) groups excluding carboxylic acids is 1. The van der Waals surface area contributed by atoms with Crippen molar-refractivity contribution >= 4 is 5.91 Å². The molecule has 2 heterocycles. The van der Waals surface area contributed by atoms with E-state index in [1.807, 2.05) is 13.0 Å². The summed E-state index contributed by atoms with van der Waals surface area (Å²) in [5.74, 6) is 0.237. The highest BCUT2D eigenvalue weighted by Gasteiger charge is 2.41. The molecule has 3 rings (SSSR count). The lowest BCUT2D eigenvalue weighted by Gasteiger charge is -2.23. The molecular weight excluding hydrogens is 370 g/mol. The van der Waals surface area contributed by atoms with Crippen molar-refractivity contribution in [2.45, 2.75) is 97.9 Å². The number of aromatic nitrogens is 2. The summed E-state index contributed by atoms with van der Waals surface area (Å²) in [4.78, 5) is 17.2. The Morgan fingerprint density at radius 3 is 2.40 bits per heavy atom. The number of hydrogen-bond acceptors (Lipinski definition) is 2. The summed E-state index contributed by atoms with van der Waals surface area (Å²) < 4.78 is 2.32. The van der Waals surface area contributed by atoms with Crippen LogP contribution in [0.3, 0.4) is 0 Å². The number of amides is 1. The fourth-order valence-electron chi connectivity index (χ4n) is 4.28. The molecule has 1 fully saturated rings. The number of nitrogens with two attached hydrogens (primary N) is 1. The standard InChI is InChI=1S/C26H39N3O/c1-8-10-18(9-2)16-29-17(3)20(24(27)30)15-21(29)19-13-22(25(4,5)6)28-23(14-19)26(7)11-12-26/h13-15,18H,8-12,16H2,1-7H3,(H2,27,30). The molecule has 0 aliphatic heterocycles. The first-order valence-electron chi connectivity index (χ1n) is 11.5. The second-order valence-electron chi connectivity index (χ2n) is 10.5. The predicted molar refractivity (Wildman–Crippen MR) is 125 cm³/mol. The van der Waals surface area contributed by atoms with E-state index in [0.29, 0.717) is 11.5 Å². The molecule has 0 spiro atoms. The maximum absolute atomic E-state index is 12.2. The van der Waals surface area contributed by atoms with Crippen LogP contribution in [0, 0.1) is 12.8 Å². The summed E-state index contributed by atoms with van der Waals surface area (Å²) in [6.45, 7) is 16.4. The molecule has 1 saturated carbocycles. The molecule has 2 aromatic heterocycles. The van der Waals surface area contributed by atoms with Crippen molar-refractivity contribution in [2.24, 2.45) is 11.7 Å². The summed E-state index contributed by atoms with van der Waals surface area (Å²) in [7, 11) is 0. The molecule has 0 radical (unpaired) electrons. The van der Waals surface area contributed by atoms with Gasteiger partial charge in [0.1, 0.15) is 0 Å².